The van der Waals surface area contributed by atoms with Gasteiger partial charge in [-0.2, -0.15) is 24.4 Å². The number of hydrogen-bond donors (Lipinski definition) is 22. The molecule has 3 rings (SSSR count). The van der Waals surface area contributed by atoms with Crippen molar-refractivity contribution in [3.8, 4) is 11.1 Å². The highest BCUT2D eigenvalue weighted by molar-refractivity contribution is 7.99. The van der Waals surface area contributed by atoms with Gasteiger partial charge in [0.15, 0.2) is 0 Å². The number of aliphatic hydroxyl groups is 10. The second kappa shape index (κ2) is 39.2. The van der Waals surface area contributed by atoms with Crippen LogP contribution in [0.5, 0.6) is 0 Å². The Hall–Kier alpha value is -7.09. The van der Waals surface area contributed by atoms with Crippen molar-refractivity contribution in [2.75, 3.05) is 50.1 Å². The molecular weight excluding hydrogens is 1230 g/mol. The molecule has 14 atom stereocenters. The molecule has 0 unspecified atom stereocenters. The van der Waals surface area contributed by atoms with Crippen molar-refractivity contribution in [2.45, 2.75) is 150 Å². The monoisotopic (exact) mass is 1310 g/mol. The molecule has 0 bridgehead atoms. The molecule has 502 valence electrons. The lowest BCUT2D eigenvalue weighted by Gasteiger charge is -2.27. The maximum Gasteiger partial charge on any atom is 0.327 e. The van der Waals surface area contributed by atoms with Crippen LogP contribution in [0.4, 0.5) is 0 Å². The third-order valence-electron chi connectivity index (χ3n) is 14.4. The zero-order valence-corrected chi connectivity index (χ0v) is 50.7. The molecule has 90 heavy (non-hydrogen) atoms. The first-order valence-corrected chi connectivity index (χ1v) is 30.3. The van der Waals surface area contributed by atoms with Gasteiger partial charge in [0.05, 0.1) is 25.4 Å². The molecular formula is C56H82N8O24S2. The number of carboxylic acids is 3. The van der Waals surface area contributed by atoms with E-state index in [9.17, 15) is 109 Å². The molecule has 2 aromatic carbocycles. The van der Waals surface area contributed by atoms with E-state index in [1.807, 2.05) is 48.5 Å². The maximum atomic E-state index is 14.4. The summed E-state index contributed by atoms with van der Waals surface area (Å²) in [4.78, 5) is 144. The fourth-order valence-electron chi connectivity index (χ4n) is 8.99. The zero-order valence-electron chi connectivity index (χ0n) is 49.0. The Morgan fingerprint density at radius 3 is 1.23 bits per heavy atom. The van der Waals surface area contributed by atoms with Gasteiger partial charge >= 0.3 is 17.9 Å². The number of aliphatic carboxylic acids is 3. The predicted molar refractivity (Wildman–Crippen MR) is 319 cm³/mol. The van der Waals surface area contributed by atoms with E-state index < -0.39 is 234 Å². The standard InChI is InChI=1S/C56H82N8O24S2/c1-27(10-14-42(71)58-21-38(67)47(78)49(80)40(69)23-65)51(82)60-34(12-16-45(74)75)53(84)61-33(11-15-43(72)59-22-39(68)48(79)50(81)41(70)24-66)52(83)62-35(13-17-46(76)77)54(85)63-36(55(86)64-37(25-89)56(87)88)20-57-44(73)18-19-90-26-32-30-8-4-2-6-28(30)29-7-3-5-9-31(29)32/h2-9,27,32-41,47-50,65-70,78-81,89H,10-26H2,1H3,(H,57,73)(H,58,71)(H,59,72)(H,60,82)(H,61,84)(H,62,83)(H,63,85)(H,64,86)(H,74,75)(H,76,77)(H,87,88)/t27-,33-,34-,35-,36-,37-,38-,39-,40+,41+,47+,48+,49+,50+/m0/s1. The minimum Gasteiger partial charge on any atom is -0.481 e. The first-order valence-electron chi connectivity index (χ1n) is 28.6. The normalized spacial score (nSPS) is 16.5. The highest BCUT2D eigenvalue weighted by Crippen LogP contribution is 2.45. The maximum absolute atomic E-state index is 14.4. The molecule has 0 radical (unpaired) electrons. The van der Waals surface area contributed by atoms with Gasteiger partial charge in [-0.1, -0.05) is 55.5 Å². The third kappa shape index (κ3) is 25.3. The summed E-state index contributed by atoms with van der Waals surface area (Å²) >= 11 is 5.43. The van der Waals surface area contributed by atoms with Gasteiger partial charge in [-0.3, -0.25) is 47.9 Å². The summed E-state index contributed by atoms with van der Waals surface area (Å²) in [5, 5.41) is 145. The summed E-state index contributed by atoms with van der Waals surface area (Å²) in [5.74, 6) is -13.6. The van der Waals surface area contributed by atoms with Crippen LogP contribution in [0.3, 0.4) is 0 Å². The molecule has 32 nitrogen and oxygen atoms in total. The summed E-state index contributed by atoms with van der Waals surface area (Å²) in [6, 6.07) is 6.70. The number of fused-ring (bicyclic) bond motifs is 3. The Labute approximate surface area is 525 Å². The van der Waals surface area contributed by atoms with Crippen LogP contribution in [0.15, 0.2) is 48.5 Å². The molecule has 0 aromatic heterocycles. The fourth-order valence-corrected chi connectivity index (χ4v) is 10.3. The van der Waals surface area contributed by atoms with Crippen LogP contribution < -0.4 is 42.5 Å². The summed E-state index contributed by atoms with van der Waals surface area (Å²) in [6.07, 6.45) is -21.1. The van der Waals surface area contributed by atoms with E-state index in [0.29, 0.717) is 11.5 Å². The van der Waals surface area contributed by atoms with Crippen molar-refractivity contribution in [3.63, 3.8) is 0 Å². The summed E-state index contributed by atoms with van der Waals surface area (Å²) in [7, 11) is 0. The van der Waals surface area contributed by atoms with Crippen molar-refractivity contribution in [2.24, 2.45) is 5.92 Å². The van der Waals surface area contributed by atoms with E-state index in [1.165, 1.54) is 18.7 Å². The van der Waals surface area contributed by atoms with Crippen LogP contribution in [0, 0.1) is 5.92 Å². The molecule has 1 aliphatic carbocycles. The number of hydrogen-bond acceptors (Lipinski definition) is 23. The van der Waals surface area contributed by atoms with E-state index in [-0.39, 0.29) is 18.8 Å². The highest BCUT2D eigenvalue weighted by Gasteiger charge is 2.36. The van der Waals surface area contributed by atoms with Crippen LogP contribution >= 0.6 is 24.4 Å². The zero-order chi connectivity index (χ0) is 67.4. The van der Waals surface area contributed by atoms with Gasteiger partial charge in [0.25, 0.3) is 0 Å². The topological polar surface area (TPSA) is 547 Å². The molecule has 0 saturated carbocycles. The van der Waals surface area contributed by atoms with Gasteiger partial charge in [0, 0.05) is 80.8 Å². The highest BCUT2D eigenvalue weighted by atomic mass is 32.2. The number of nitrogens with one attached hydrogen (secondary N) is 8. The van der Waals surface area contributed by atoms with Gasteiger partial charge < -0.3 is 109 Å². The Morgan fingerprint density at radius 1 is 0.456 bits per heavy atom. The van der Waals surface area contributed by atoms with Gasteiger partial charge in [0.2, 0.25) is 47.3 Å². The van der Waals surface area contributed by atoms with Crippen LogP contribution in [-0.4, -0.2) is 261 Å². The van der Waals surface area contributed by atoms with Crippen molar-refractivity contribution in [3.05, 3.63) is 59.7 Å². The van der Waals surface area contributed by atoms with Crippen molar-refractivity contribution < 1.29 is 119 Å². The lowest BCUT2D eigenvalue weighted by molar-refractivity contribution is -0.141. The van der Waals surface area contributed by atoms with Gasteiger partial charge in [-0.15, -0.1) is 0 Å². The van der Waals surface area contributed by atoms with Gasteiger partial charge in [0.1, 0.15) is 66.8 Å². The number of thioether (sulfide) groups is 1. The average Bonchev–Trinajstić information content (AvgIpc) is 1.63. The number of aliphatic hydroxyl groups excluding tert-OH is 10. The molecule has 0 aliphatic heterocycles. The van der Waals surface area contributed by atoms with Crippen LogP contribution in [0.1, 0.15) is 81.8 Å². The summed E-state index contributed by atoms with van der Waals surface area (Å²) in [6.45, 7) is -2.84. The number of carbonyl (C=O) groups excluding carboxylic acids is 8. The number of amides is 8. The van der Waals surface area contributed by atoms with Gasteiger partial charge in [-0.25, -0.2) is 4.79 Å². The lowest BCUT2D eigenvalue weighted by atomic mass is 9.99. The largest absolute Gasteiger partial charge is 0.481 e. The van der Waals surface area contributed by atoms with Gasteiger partial charge in [-0.05, 0) is 47.9 Å². The number of rotatable bonds is 43. The fraction of sp³-hybridized carbons (Fsp3) is 0.589. The number of carboxylic acid groups (broad SMARTS) is 3. The molecule has 0 heterocycles. The molecule has 2 aromatic rings. The van der Waals surface area contributed by atoms with E-state index in [4.69, 9.17) is 10.2 Å². The summed E-state index contributed by atoms with van der Waals surface area (Å²) in [5.41, 5.74) is 4.46. The number of benzene rings is 2. The smallest absolute Gasteiger partial charge is 0.327 e. The Balaban J connectivity index is 1.86. The third-order valence-corrected chi connectivity index (χ3v) is 15.9. The molecule has 1 aliphatic rings. The molecule has 21 N–H and O–H groups in total. The van der Waals surface area contributed by atoms with Crippen LogP contribution in [0.25, 0.3) is 11.1 Å². The Bertz CT molecular complexity index is 2710. The Kier molecular flexibility index (Phi) is 33.6. The molecule has 0 spiro atoms. The molecule has 0 saturated heterocycles. The van der Waals surface area contributed by atoms with E-state index in [1.54, 1.807) is 0 Å². The number of thiol groups is 1. The van der Waals surface area contributed by atoms with Crippen molar-refractivity contribution in [1.29, 1.82) is 0 Å². The second-order valence-corrected chi connectivity index (χ2v) is 22.7. The SMILES string of the molecule is C[C@@H](CCC(=O)NC[C@H](O)[C@@H](O)[C@H](O)[C@H](O)CO)C(=O)N[C@@H](CCC(=O)O)C(=O)N[C@@H](CCC(=O)NC[C@H](O)[C@@H](O)[C@H](O)[C@H](O)CO)C(=O)N[C@@H](CCC(=O)O)C(=O)N[C@@H](CNC(=O)CCSCC1c2ccccc2-c2ccccc21)C(=O)N[C@@H](CS)C(=O)O. The first-order chi connectivity index (χ1) is 42.5. The van der Waals surface area contributed by atoms with Crippen LogP contribution in [-0.2, 0) is 52.7 Å². The van der Waals surface area contributed by atoms with E-state index in [0.717, 1.165) is 22.3 Å². The molecule has 34 heteroatoms. The summed E-state index contributed by atoms with van der Waals surface area (Å²) < 4.78 is 0. The molecule has 0 fully saturated rings. The minimum atomic E-state index is -2.12. The minimum absolute atomic E-state index is 0.0365. The lowest BCUT2D eigenvalue weighted by Crippen LogP contribution is -2.60. The second-order valence-electron chi connectivity index (χ2n) is 21.2. The van der Waals surface area contributed by atoms with E-state index in [2.05, 4.69) is 55.2 Å². The predicted octanol–water partition coefficient (Wildman–Crippen LogP) is -6.49. The average molecular weight is 1320 g/mol. The Morgan fingerprint density at radius 2 is 0.811 bits per heavy atom. The van der Waals surface area contributed by atoms with Crippen molar-refractivity contribution in [1.82, 2.24) is 42.5 Å². The molecule has 8 amide bonds. The van der Waals surface area contributed by atoms with E-state index >= 15 is 0 Å². The van der Waals surface area contributed by atoms with Crippen molar-refractivity contribution >= 4 is 89.6 Å². The number of carbonyl (C=O) groups is 11. The van der Waals surface area contributed by atoms with Crippen LogP contribution in [0.2, 0.25) is 0 Å². The quantitative estimate of drug-likeness (QED) is 0.0217. The first kappa shape index (κ1) is 77.2.